The van der Waals surface area contributed by atoms with Crippen molar-refractivity contribution < 1.29 is 9.59 Å². The topological polar surface area (TPSA) is 100 Å². The number of nitrogens with two attached hydrogens (primary N) is 1. The molecule has 1 aromatic carbocycles. The lowest BCUT2D eigenvalue weighted by molar-refractivity contribution is 0.0998. The molecule has 0 unspecified atom stereocenters. The summed E-state index contributed by atoms with van der Waals surface area (Å²) in [7, 11) is 3.85. The summed E-state index contributed by atoms with van der Waals surface area (Å²) in [5.74, 6) is 0.0644. The number of benzene rings is 1. The summed E-state index contributed by atoms with van der Waals surface area (Å²) in [5, 5.41) is 6.31. The van der Waals surface area contributed by atoms with Gasteiger partial charge in [0.05, 0.1) is 0 Å². The largest absolute Gasteiger partial charge is 0.365 e. The number of thioether (sulfide) groups is 1. The fraction of sp³-hybridized carbons (Fsp3) is 0.389. The van der Waals surface area contributed by atoms with Crippen molar-refractivity contribution in [1.82, 2.24) is 14.6 Å². The van der Waals surface area contributed by atoms with Crippen LogP contribution in [-0.2, 0) is 5.75 Å². The van der Waals surface area contributed by atoms with E-state index in [1.807, 2.05) is 19.0 Å². The first-order chi connectivity index (χ1) is 12.8. The number of amides is 3. The summed E-state index contributed by atoms with van der Waals surface area (Å²) in [4.78, 5) is 25.9. The molecule has 0 radical (unpaired) electrons. The molecule has 3 amide bonds. The van der Waals surface area contributed by atoms with E-state index in [0.717, 1.165) is 23.6 Å². The Morgan fingerprint density at radius 3 is 2.63 bits per heavy atom. The highest BCUT2D eigenvalue weighted by Gasteiger charge is 2.21. The van der Waals surface area contributed by atoms with Gasteiger partial charge in [-0.1, -0.05) is 30.0 Å². The van der Waals surface area contributed by atoms with E-state index in [0.29, 0.717) is 22.3 Å². The monoisotopic (exact) mass is 407 g/mol. The van der Waals surface area contributed by atoms with Crippen molar-refractivity contribution in [3.8, 4) is 0 Å². The molecule has 0 saturated carbocycles. The number of urea groups is 1. The molecule has 0 saturated heterocycles. The van der Waals surface area contributed by atoms with Crippen LogP contribution in [0.25, 0.3) is 0 Å². The van der Waals surface area contributed by atoms with Crippen molar-refractivity contribution in [2.24, 2.45) is 5.73 Å². The third kappa shape index (κ3) is 6.23. The molecule has 0 spiro atoms. The van der Waals surface area contributed by atoms with E-state index >= 15 is 0 Å². The van der Waals surface area contributed by atoms with Crippen LogP contribution in [0, 0.1) is 13.8 Å². The zero-order valence-electron chi connectivity index (χ0n) is 16.0. The van der Waals surface area contributed by atoms with E-state index < -0.39 is 5.91 Å². The Balaban J connectivity index is 2.04. The van der Waals surface area contributed by atoms with Crippen LogP contribution in [-0.4, -0.2) is 48.4 Å². The molecule has 0 aliphatic heterocycles. The molecule has 0 aliphatic carbocycles. The van der Waals surface area contributed by atoms with Gasteiger partial charge in [0.25, 0.3) is 5.91 Å². The molecule has 27 heavy (non-hydrogen) atoms. The van der Waals surface area contributed by atoms with Gasteiger partial charge in [0.1, 0.15) is 15.6 Å². The Bertz CT molecular complexity index is 820. The van der Waals surface area contributed by atoms with Gasteiger partial charge in [0, 0.05) is 18.8 Å². The first kappa shape index (κ1) is 21.2. The predicted octanol–water partition coefficient (Wildman–Crippen LogP) is 2.83. The van der Waals surface area contributed by atoms with Crippen molar-refractivity contribution in [1.29, 1.82) is 0 Å². The fourth-order valence-corrected chi connectivity index (χ4v) is 4.17. The minimum Gasteiger partial charge on any atom is -0.365 e. The van der Waals surface area contributed by atoms with Gasteiger partial charge < -0.3 is 16.0 Å². The number of carbonyl (C=O) groups excluding carboxylic acids is 2. The SMILES string of the molecule is Cc1ccc(CSc2nsc(NC(=O)NCCN(C)C)c2C(N)=O)cc1C. The van der Waals surface area contributed by atoms with Gasteiger partial charge in [-0.2, -0.15) is 4.37 Å². The second kappa shape index (κ2) is 9.72. The van der Waals surface area contributed by atoms with Gasteiger partial charge >= 0.3 is 6.03 Å². The Labute approximate surface area is 167 Å². The number of aryl methyl sites for hydroxylation is 2. The standard InChI is InChI=1S/C18H25N5O2S2/c1-11-5-6-13(9-12(11)2)10-26-17-14(15(19)24)16(27-22-17)21-18(25)20-7-8-23(3)4/h5-6,9H,7-8,10H2,1-4H3,(H2,19,24)(H2,20,21,25). The van der Waals surface area contributed by atoms with E-state index in [2.05, 4.69) is 47.1 Å². The summed E-state index contributed by atoms with van der Waals surface area (Å²) in [6, 6.07) is 5.87. The fourth-order valence-electron chi connectivity index (χ4n) is 2.26. The van der Waals surface area contributed by atoms with Gasteiger partial charge in [0.15, 0.2) is 0 Å². The molecule has 0 fully saturated rings. The van der Waals surface area contributed by atoms with Crippen LogP contribution in [0.15, 0.2) is 23.2 Å². The smallest absolute Gasteiger partial charge is 0.319 e. The number of nitrogens with zero attached hydrogens (tertiary/aromatic N) is 2. The highest BCUT2D eigenvalue weighted by molar-refractivity contribution is 7.98. The number of hydrogen-bond donors (Lipinski definition) is 3. The van der Waals surface area contributed by atoms with Crippen molar-refractivity contribution >= 4 is 40.2 Å². The van der Waals surface area contributed by atoms with E-state index in [1.165, 1.54) is 22.9 Å². The molecular formula is C18H25N5O2S2. The number of aromatic nitrogens is 1. The van der Waals surface area contributed by atoms with Crippen molar-refractivity contribution in [2.75, 3.05) is 32.5 Å². The minimum absolute atomic E-state index is 0.261. The Hall–Kier alpha value is -2.10. The maximum absolute atomic E-state index is 12.0. The Morgan fingerprint density at radius 1 is 1.26 bits per heavy atom. The van der Waals surface area contributed by atoms with Gasteiger partial charge in [-0.25, -0.2) is 4.79 Å². The van der Waals surface area contributed by atoms with Crippen LogP contribution in [0.1, 0.15) is 27.0 Å². The summed E-state index contributed by atoms with van der Waals surface area (Å²) < 4.78 is 4.31. The molecule has 0 aliphatic rings. The summed E-state index contributed by atoms with van der Waals surface area (Å²) in [6.45, 7) is 5.35. The highest BCUT2D eigenvalue weighted by Crippen LogP contribution is 2.33. The van der Waals surface area contributed by atoms with Crippen molar-refractivity contribution in [2.45, 2.75) is 24.6 Å². The van der Waals surface area contributed by atoms with Gasteiger partial charge in [-0.15, -0.1) is 0 Å². The average Bonchev–Trinajstić information content (AvgIpc) is 2.98. The number of anilines is 1. The van der Waals surface area contributed by atoms with E-state index in [-0.39, 0.29) is 11.6 Å². The molecule has 146 valence electrons. The normalized spacial score (nSPS) is 10.9. The summed E-state index contributed by atoms with van der Waals surface area (Å²) >= 11 is 2.49. The van der Waals surface area contributed by atoms with Gasteiger partial charge in [0.2, 0.25) is 0 Å². The van der Waals surface area contributed by atoms with Gasteiger partial charge in [-0.05, 0) is 56.2 Å². The third-order valence-corrected chi connectivity index (χ3v) is 5.85. The summed E-state index contributed by atoms with van der Waals surface area (Å²) in [5.41, 5.74) is 9.38. The molecule has 1 aromatic heterocycles. The van der Waals surface area contributed by atoms with Crippen LogP contribution in [0.5, 0.6) is 0 Å². The lowest BCUT2D eigenvalue weighted by Crippen LogP contribution is -2.34. The maximum Gasteiger partial charge on any atom is 0.319 e. The third-order valence-electron chi connectivity index (χ3n) is 3.93. The lowest BCUT2D eigenvalue weighted by Gasteiger charge is -2.11. The van der Waals surface area contributed by atoms with Crippen LogP contribution in [0.4, 0.5) is 9.80 Å². The highest BCUT2D eigenvalue weighted by atomic mass is 32.2. The van der Waals surface area contributed by atoms with E-state index in [1.54, 1.807) is 0 Å². The van der Waals surface area contributed by atoms with E-state index in [4.69, 9.17) is 5.73 Å². The maximum atomic E-state index is 12.0. The molecular weight excluding hydrogens is 382 g/mol. The van der Waals surface area contributed by atoms with Crippen LogP contribution in [0.2, 0.25) is 0 Å². The Kier molecular flexibility index (Phi) is 7.64. The molecule has 0 atom stereocenters. The van der Waals surface area contributed by atoms with Crippen LogP contribution >= 0.6 is 23.3 Å². The Morgan fingerprint density at radius 2 is 2.00 bits per heavy atom. The zero-order valence-corrected chi connectivity index (χ0v) is 17.6. The molecule has 2 aromatic rings. The quantitative estimate of drug-likeness (QED) is 0.584. The molecule has 4 N–H and O–H groups in total. The molecule has 7 nitrogen and oxygen atoms in total. The van der Waals surface area contributed by atoms with Crippen molar-refractivity contribution in [3.63, 3.8) is 0 Å². The first-order valence-corrected chi connectivity index (χ1v) is 10.2. The van der Waals surface area contributed by atoms with Crippen molar-refractivity contribution in [3.05, 3.63) is 40.5 Å². The number of likely N-dealkylation sites (N-methyl/N-ethyl adjacent to an activating group) is 1. The number of primary amides is 1. The number of carbonyl (C=O) groups is 2. The number of hydrogen-bond acceptors (Lipinski definition) is 6. The van der Waals surface area contributed by atoms with Crippen LogP contribution in [0.3, 0.4) is 0 Å². The first-order valence-electron chi connectivity index (χ1n) is 8.46. The number of nitrogens with one attached hydrogen (secondary N) is 2. The molecule has 0 bridgehead atoms. The zero-order chi connectivity index (χ0) is 20.0. The summed E-state index contributed by atoms with van der Waals surface area (Å²) in [6.07, 6.45) is 0. The second-order valence-corrected chi connectivity index (χ2v) is 8.19. The van der Waals surface area contributed by atoms with Gasteiger partial charge in [-0.3, -0.25) is 10.1 Å². The minimum atomic E-state index is -0.602. The second-order valence-electron chi connectivity index (χ2n) is 6.45. The average molecular weight is 408 g/mol. The molecule has 1 heterocycles. The van der Waals surface area contributed by atoms with E-state index in [9.17, 15) is 9.59 Å². The molecule has 9 heteroatoms. The number of rotatable bonds is 8. The van der Waals surface area contributed by atoms with Crippen LogP contribution < -0.4 is 16.4 Å². The molecule has 2 rings (SSSR count). The predicted molar refractivity (Wildman–Crippen MR) is 112 cm³/mol. The lowest BCUT2D eigenvalue weighted by atomic mass is 10.1.